The number of carbonyl (C=O) groups excluding carboxylic acids is 1. The number of carbonyl (C=O) groups is 1. The van der Waals surface area contributed by atoms with Crippen LogP contribution in [0.15, 0.2) is 0 Å². The molecule has 88 valence electrons. The SMILES string of the molecule is CC(CCO)NC(=O)C1C(C)(C)C1(C)C. The summed E-state index contributed by atoms with van der Waals surface area (Å²) in [6, 6.07) is 0.0645. The van der Waals surface area contributed by atoms with Gasteiger partial charge in [0, 0.05) is 18.6 Å². The third kappa shape index (κ3) is 2.03. The van der Waals surface area contributed by atoms with E-state index in [2.05, 4.69) is 33.0 Å². The predicted molar refractivity (Wildman–Crippen MR) is 60.4 cm³/mol. The molecule has 0 aromatic heterocycles. The van der Waals surface area contributed by atoms with Crippen molar-refractivity contribution >= 4 is 5.91 Å². The van der Waals surface area contributed by atoms with E-state index in [4.69, 9.17) is 5.11 Å². The van der Waals surface area contributed by atoms with Crippen LogP contribution in [0.4, 0.5) is 0 Å². The van der Waals surface area contributed by atoms with Gasteiger partial charge in [-0.05, 0) is 24.2 Å². The highest BCUT2D eigenvalue weighted by molar-refractivity contribution is 5.84. The number of aliphatic hydroxyl groups is 1. The molecule has 0 radical (unpaired) electrons. The molecule has 0 bridgehead atoms. The van der Waals surface area contributed by atoms with Crippen molar-refractivity contribution in [2.24, 2.45) is 16.7 Å². The molecule has 0 aromatic rings. The van der Waals surface area contributed by atoms with Crippen molar-refractivity contribution < 1.29 is 9.90 Å². The fourth-order valence-electron chi connectivity index (χ4n) is 2.44. The number of rotatable bonds is 4. The highest BCUT2D eigenvalue weighted by Gasteiger charge is 2.68. The van der Waals surface area contributed by atoms with E-state index < -0.39 is 0 Å². The fraction of sp³-hybridized carbons (Fsp3) is 0.917. The molecule has 1 atom stereocenters. The molecule has 1 rings (SSSR count). The minimum Gasteiger partial charge on any atom is -0.396 e. The fourth-order valence-corrected chi connectivity index (χ4v) is 2.44. The van der Waals surface area contributed by atoms with E-state index in [1.165, 1.54) is 0 Å². The lowest BCUT2D eigenvalue weighted by molar-refractivity contribution is -0.124. The molecule has 0 heterocycles. The van der Waals surface area contributed by atoms with Gasteiger partial charge in [0.15, 0.2) is 0 Å². The molecular weight excluding hydrogens is 190 g/mol. The number of nitrogens with one attached hydrogen (secondary N) is 1. The van der Waals surface area contributed by atoms with Gasteiger partial charge in [0.1, 0.15) is 0 Å². The molecular formula is C12H23NO2. The van der Waals surface area contributed by atoms with Crippen molar-refractivity contribution in [2.45, 2.75) is 47.1 Å². The van der Waals surface area contributed by atoms with Crippen molar-refractivity contribution in [3.63, 3.8) is 0 Å². The van der Waals surface area contributed by atoms with E-state index in [0.29, 0.717) is 6.42 Å². The molecule has 1 aliphatic carbocycles. The lowest BCUT2D eigenvalue weighted by Crippen LogP contribution is -2.35. The molecule has 2 N–H and O–H groups in total. The number of amides is 1. The van der Waals surface area contributed by atoms with Crippen LogP contribution in [-0.4, -0.2) is 23.7 Å². The van der Waals surface area contributed by atoms with E-state index in [1.807, 2.05) is 6.92 Å². The topological polar surface area (TPSA) is 49.3 Å². The summed E-state index contributed by atoms with van der Waals surface area (Å²) >= 11 is 0. The van der Waals surface area contributed by atoms with Gasteiger partial charge in [-0.1, -0.05) is 27.7 Å². The molecule has 1 amide bonds. The first-order valence-corrected chi connectivity index (χ1v) is 5.66. The Bertz CT molecular complexity index is 244. The van der Waals surface area contributed by atoms with Gasteiger partial charge < -0.3 is 10.4 Å². The van der Waals surface area contributed by atoms with E-state index in [1.54, 1.807) is 0 Å². The average Bonchev–Trinajstić information content (AvgIpc) is 2.42. The molecule has 0 aromatic carbocycles. The van der Waals surface area contributed by atoms with Gasteiger partial charge in [0.05, 0.1) is 0 Å². The van der Waals surface area contributed by atoms with Gasteiger partial charge in [-0.3, -0.25) is 4.79 Å². The van der Waals surface area contributed by atoms with E-state index in [0.717, 1.165) is 0 Å². The van der Waals surface area contributed by atoms with Gasteiger partial charge in [0.25, 0.3) is 0 Å². The first kappa shape index (κ1) is 12.5. The summed E-state index contributed by atoms with van der Waals surface area (Å²) in [6.07, 6.45) is 0.624. The molecule has 0 aliphatic heterocycles. The Morgan fingerprint density at radius 2 is 1.80 bits per heavy atom. The van der Waals surface area contributed by atoms with Crippen molar-refractivity contribution in [3.05, 3.63) is 0 Å². The number of hydrogen-bond acceptors (Lipinski definition) is 2. The minimum atomic E-state index is 0.0645. The Morgan fingerprint density at radius 1 is 1.33 bits per heavy atom. The van der Waals surface area contributed by atoms with Crippen LogP contribution in [0.2, 0.25) is 0 Å². The van der Waals surface area contributed by atoms with Crippen LogP contribution >= 0.6 is 0 Å². The van der Waals surface area contributed by atoms with Gasteiger partial charge in [-0.15, -0.1) is 0 Å². The van der Waals surface area contributed by atoms with Crippen LogP contribution in [0, 0.1) is 16.7 Å². The Labute approximate surface area is 92.3 Å². The second kappa shape index (κ2) is 3.78. The maximum absolute atomic E-state index is 11.9. The van der Waals surface area contributed by atoms with Crippen LogP contribution in [0.5, 0.6) is 0 Å². The highest BCUT2D eigenvalue weighted by Crippen LogP contribution is 2.68. The van der Waals surface area contributed by atoms with Crippen molar-refractivity contribution in [1.29, 1.82) is 0 Å². The molecule has 0 saturated heterocycles. The molecule has 1 unspecified atom stereocenters. The Balaban J connectivity index is 2.51. The maximum atomic E-state index is 11.9. The van der Waals surface area contributed by atoms with Crippen molar-refractivity contribution in [2.75, 3.05) is 6.61 Å². The zero-order valence-electron chi connectivity index (χ0n) is 10.4. The van der Waals surface area contributed by atoms with Crippen molar-refractivity contribution in [3.8, 4) is 0 Å². The molecule has 1 fully saturated rings. The lowest BCUT2D eigenvalue weighted by atomic mass is 10.0. The lowest BCUT2D eigenvalue weighted by Gasteiger charge is -2.13. The summed E-state index contributed by atoms with van der Waals surface area (Å²) in [5.41, 5.74) is 0.187. The summed E-state index contributed by atoms with van der Waals surface area (Å²) in [7, 11) is 0. The third-order valence-electron chi connectivity index (χ3n) is 4.23. The van der Waals surface area contributed by atoms with Gasteiger partial charge in [-0.25, -0.2) is 0 Å². The number of aliphatic hydroxyl groups excluding tert-OH is 1. The third-order valence-corrected chi connectivity index (χ3v) is 4.23. The smallest absolute Gasteiger partial charge is 0.224 e. The molecule has 0 spiro atoms. The normalized spacial score (nSPS) is 24.7. The molecule has 1 aliphatic rings. The summed E-state index contributed by atoms with van der Waals surface area (Å²) < 4.78 is 0. The Hall–Kier alpha value is -0.570. The van der Waals surface area contributed by atoms with Gasteiger partial charge in [-0.2, -0.15) is 0 Å². The van der Waals surface area contributed by atoms with E-state index in [-0.39, 0.29) is 35.3 Å². The van der Waals surface area contributed by atoms with Crippen LogP contribution in [0.1, 0.15) is 41.0 Å². The summed E-state index contributed by atoms with van der Waals surface area (Å²) in [5.74, 6) is 0.233. The van der Waals surface area contributed by atoms with Crippen LogP contribution in [0.25, 0.3) is 0 Å². The first-order chi connectivity index (χ1) is 6.75. The van der Waals surface area contributed by atoms with Gasteiger partial charge >= 0.3 is 0 Å². The minimum absolute atomic E-state index is 0.0645. The standard InChI is InChI=1S/C12H23NO2/c1-8(6-7-14)13-10(15)9-11(2,3)12(9,4)5/h8-9,14H,6-7H2,1-5H3,(H,13,15). The van der Waals surface area contributed by atoms with Crippen molar-refractivity contribution in [1.82, 2.24) is 5.32 Å². The summed E-state index contributed by atoms with van der Waals surface area (Å²) in [4.78, 5) is 11.9. The Kier molecular flexibility index (Phi) is 3.15. The van der Waals surface area contributed by atoms with Crippen LogP contribution < -0.4 is 5.32 Å². The quantitative estimate of drug-likeness (QED) is 0.744. The number of hydrogen-bond donors (Lipinski definition) is 2. The van der Waals surface area contributed by atoms with Crippen LogP contribution in [0.3, 0.4) is 0 Å². The Morgan fingerprint density at radius 3 is 2.13 bits per heavy atom. The maximum Gasteiger partial charge on any atom is 0.224 e. The first-order valence-electron chi connectivity index (χ1n) is 5.66. The van der Waals surface area contributed by atoms with Gasteiger partial charge in [0.2, 0.25) is 5.91 Å². The second-order valence-corrected chi connectivity index (χ2v) is 5.80. The zero-order chi connectivity index (χ0) is 11.9. The molecule has 3 heteroatoms. The molecule has 1 saturated carbocycles. The highest BCUT2D eigenvalue weighted by atomic mass is 16.3. The molecule has 15 heavy (non-hydrogen) atoms. The van der Waals surface area contributed by atoms with E-state index in [9.17, 15) is 4.79 Å². The van der Waals surface area contributed by atoms with Crippen LogP contribution in [-0.2, 0) is 4.79 Å². The largest absolute Gasteiger partial charge is 0.396 e. The summed E-state index contributed by atoms with van der Waals surface area (Å²) in [6.45, 7) is 10.6. The molecule has 3 nitrogen and oxygen atoms in total. The second-order valence-electron chi connectivity index (χ2n) is 5.80. The summed E-state index contributed by atoms with van der Waals surface area (Å²) in [5, 5.41) is 11.7. The zero-order valence-corrected chi connectivity index (χ0v) is 10.4. The monoisotopic (exact) mass is 213 g/mol. The van der Waals surface area contributed by atoms with E-state index >= 15 is 0 Å². The average molecular weight is 213 g/mol. The predicted octanol–water partition coefficient (Wildman–Crippen LogP) is 1.56.